The minimum Gasteiger partial charge on any atom is -0.351 e. The first-order valence-corrected chi connectivity index (χ1v) is 5.21. The SMILES string of the molecule is O=C(Nc1ncc[nH]1)c1cc2ccccc2[nH]1. The number of aromatic amines is 2. The smallest absolute Gasteiger partial charge is 0.274 e. The van der Waals surface area contributed by atoms with Gasteiger partial charge < -0.3 is 9.97 Å². The molecular formula is C12H10N4O. The quantitative estimate of drug-likeness (QED) is 0.626. The number of imidazole rings is 1. The lowest BCUT2D eigenvalue weighted by molar-refractivity contribution is 0.102. The van der Waals surface area contributed by atoms with Crippen LogP contribution < -0.4 is 5.32 Å². The van der Waals surface area contributed by atoms with E-state index >= 15 is 0 Å². The van der Waals surface area contributed by atoms with E-state index in [-0.39, 0.29) is 5.91 Å². The van der Waals surface area contributed by atoms with Gasteiger partial charge in [0.25, 0.3) is 5.91 Å². The highest BCUT2D eigenvalue weighted by Crippen LogP contribution is 2.15. The largest absolute Gasteiger partial charge is 0.351 e. The Kier molecular flexibility index (Phi) is 2.15. The third-order valence-electron chi connectivity index (χ3n) is 2.50. The molecule has 5 heteroatoms. The number of anilines is 1. The fourth-order valence-electron chi connectivity index (χ4n) is 1.70. The lowest BCUT2D eigenvalue weighted by Gasteiger charge is -1.98. The molecule has 0 aliphatic carbocycles. The van der Waals surface area contributed by atoms with Crippen LogP contribution in [0.25, 0.3) is 10.9 Å². The summed E-state index contributed by atoms with van der Waals surface area (Å²) in [6.45, 7) is 0. The molecule has 0 saturated carbocycles. The van der Waals surface area contributed by atoms with Gasteiger partial charge in [0, 0.05) is 23.3 Å². The van der Waals surface area contributed by atoms with Crippen LogP contribution >= 0.6 is 0 Å². The highest BCUT2D eigenvalue weighted by atomic mass is 16.2. The number of aromatic nitrogens is 3. The summed E-state index contributed by atoms with van der Waals surface area (Å²) in [7, 11) is 0. The molecule has 1 aromatic carbocycles. The van der Waals surface area contributed by atoms with E-state index < -0.39 is 0 Å². The molecule has 3 rings (SSSR count). The van der Waals surface area contributed by atoms with Gasteiger partial charge in [-0.1, -0.05) is 18.2 Å². The highest BCUT2D eigenvalue weighted by molar-refractivity contribution is 6.05. The van der Waals surface area contributed by atoms with E-state index in [2.05, 4.69) is 20.3 Å². The van der Waals surface area contributed by atoms with Crippen molar-refractivity contribution in [2.45, 2.75) is 0 Å². The van der Waals surface area contributed by atoms with Crippen LogP contribution in [0.1, 0.15) is 10.5 Å². The molecule has 3 aromatic rings. The van der Waals surface area contributed by atoms with E-state index in [9.17, 15) is 4.79 Å². The van der Waals surface area contributed by atoms with Crippen LogP contribution in [0.3, 0.4) is 0 Å². The molecule has 0 aliphatic rings. The number of hydrogen-bond donors (Lipinski definition) is 3. The number of para-hydroxylation sites is 1. The van der Waals surface area contributed by atoms with Crippen LogP contribution in [0, 0.1) is 0 Å². The highest BCUT2D eigenvalue weighted by Gasteiger charge is 2.10. The maximum absolute atomic E-state index is 11.9. The number of fused-ring (bicyclic) bond motifs is 1. The van der Waals surface area contributed by atoms with Crippen LogP contribution in [0.2, 0.25) is 0 Å². The first-order valence-electron chi connectivity index (χ1n) is 5.21. The zero-order valence-corrected chi connectivity index (χ0v) is 8.90. The number of H-pyrrole nitrogens is 2. The Morgan fingerprint density at radius 1 is 1.29 bits per heavy atom. The number of carbonyl (C=O) groups excluding carboxylic acids is 1. The summed E-state index contributed by atoms with van der Waals surface area (Å²) < 4.78 is 0. The molecule has 0 bridgehead atoms. The predicted octanol–water partition coefficient (Wildman–Crippen LogP) is 2.14. The Morgan fingerprint density at radius 2 is 2.18 bits per heavy atom. The molecule has 0 aliphatic heterocycles. The van der Waals surface area contributed by atoms with Gasteiger partial charge in [-0.3, -0.25) is 10.1 Å². The van der Waals surface area contributed by atoms with Crippen molar-refractivity contribution in [3.63, 3.8) is 0 Å². The Morgan fingerprint density at radius 3 is 2.94 bits per heavy atom. The molecule has 0 atom stereocenters. The van der Waals surface area contributed by atoms with Crippen molar-refractivity contribution in [3.05, 3.63) is 48.4 Å². The second-order valence-electron chi connectivity index (χ2n) is 3.66. The van der Waals surface area contributed by atoms with E-state index in [1.165, 1.54) is 0 Å². The number of rotatable bonds is 2. The average molecular weight is 226 g/mol. The zero-order valence-electron chi connectivity index (χ0n) is 8.90. The Balaban J connectivity index is 1.90. The predicted molar refractivity (Wildman–Crippen MR) is 64.8 cm³/mol. The third-order valence-corrected chi connectivity index (χ3v) is 2.50. The molecule has 0 spiro atoms. The van der Waals surface area contributed by atoms with Gasteiger partial charge in [0.2, 0.25) is 5.95 Å². The minimum atomic E-state index is -0.212. The van der Waals surface area contributed by atoms with Gasteiger partial charge >= 0.3 is 0 Å². The lowest BCUT2D eigenvalue weighted by atomic mass is 10.2. The van der Waals surface area contributed by atoms with Gasteiger partial charge in [0.15, 0.2) is 0 Å². The zero-order chi connectivity index (χ0) is 11.7. The molecule has 0 fully saturated rings. The van der Waals surface area contributed by atoms with Crippen LogP contribution in [0.15, 0.2) is 42.7 Å². The van der Waals surface area contributed by atoms with E-state index in [0.717, 1.165) is 10.9 Å². The van der Waals surface area contributed by atoms with E-state index in [4.69, 9.17) is 0 Å². The Hall–Kier alpha value is -2.56. The summed E-state index contributed by atoms with van der Waals surface area (Å²) in [5.74, 6) is 0.227. The fraction of sp³-hybridized carbons (Fsp3) is 0. The molecule has 0 unspecified atom stereocenters. The molecule has 0 saturated heterocycles. The minimum absolute atomic E-state index is 0.212. The number of hydrogen-bond acceptors (Lipinski definition) is 2. The molecular weight excluding hydrogens is 216 g/mol. The molecule has 0 radical (unpaired) electrons. The van der Waals surface area contributed by atoms with Gasteiger partial charge in [0.05, 0.1) is 0 Å². The summed E-state index contributed by atoms with van der Waals surface area (Å²) in [4.78, 5) is 21.7. The summed E-state index contributed by atoms with van der Waals surface area (Å²) in [5, 5.41) is 3.67. The van der Waals surface area contributed by atoms with Gasteiger partial charge in [-0.05, 0) is 12.1 Å². The maximum atomic E-state index is 11.9. The van der Waals surface area contributed by atoms with Gasteiger partial charge in [-0.2, -0.15) is 0 Å². The van der Waals surface area contributed by atoms with E-state index in [1.54, 1.807) is 12.4 Å². The number of benzene rings is 1. The maximum Gasteiger partial charge on any atom is 0.274 e. The van der Waals surface area contributed by atoms with E-state index in [0.29, 0.717) is 11.6 Å². The Bertz CT molecular complexity index is 621. The first-order chi connectivity index (χ1) is 8.33. The summed E-state index contributed by atoms with van der Waals surface area (Å²) >= 11 is 0. The molecule has 2 aromatic heterocycles. The van der Waals surface area contributed by atoms with Crippen molar-refractivity contribution in [2.24, 2.45) is 0 Å². The molecule has 1 amide bonds. The number of nitrogens with zero attached hydrogens (tertiary/aromatic N) is 1. The molecule has 3 N–H and O–H groups in total. The topological polar surface area (TPSA) is 73.6 Å². The van der Waals surface area contributed by atoms with Crippen LogP contribution in [-0.4, -0.2) is 20.9 Å². The van der Waals surface area contributed by atoms with Crippen molar-refractivity contribution in [1.29, 1.82) is 0 Å². The second kappa shape index (κ2) is 3.79. The number of nitrogens with one attached hydrogen (secondary N) is 3. The van der Waals surface area contributed by atoms with Crippen molar-refractivity contribution >= 4 is 22.8 Å². The van der Waals surface area contributed by atoms with Gasteiger partial charge in [0.1, 0.15) is 5.69 Å². The molecule has 2 heterocycles. The van der Waals surface area contributed by atoms with Crippen molar-refractivity contribution < 1.29 is 4.79 Å². The Labute approximate surface area is 96.9 Å². The first kappa shape index (κ1) is 9.65. The van der Waals surface area contributed by atoms with Gasteiger partial charge in [-0.25, -0.2) is 4.98 Å². The van der Waals surface area contributed by atoms with Crippen molar-refractivity contribution in [2.75, 3.05) is 5.32 Å². The van der Waals surface area contributed by atoms with Crippen LogP contribution in [-0.2, 0) is 0 Å². The average Bonchev–Trinajstić information content (AvgIpc) is 2.96. The van der Waals surface area contributed by atoms with Gasteiger partial charge in [-0.15, -0.1) is 0 Å². The monoisotopic (exact) mass is 226 g/mol. The second-order valence-corrected chi connectivity index (χ2v) is 3.66. The number of amides is 1. The summed E-state index contributed by atoms with van der Waals surface area (Å²) in [5.41, 5.74) is 1.46. The third kappa shape index (κ3) is 1.78. The van der Waals surface area contributed by atoms with Crippen LogP contribution in [0.5, 0.6) is 0 Å². The molecule has 17 heavy (non-hydrogen) atoms. The summed E-state index contributed by atoms with van der Waals surface area (Å²) in [6, 6.07) is 9.56. The standard InChI is InChI=1S/C12H10N4O/c17-11(16-12-13-5-6-14-12)10-7-8-3-1-2-4-9(8)15-10/h1-7,15H,(H2,13,14,16,17). The number of carbonyl (C=O) groups is 1. The normalized spacial score (nSPS) is 10.6. The van der Waals surface area contributed by atoms with Crippen molar-refractivity contribution in [3.8, 4) is 0 Å². The van der Waals surface area contributed by atoms with Crippen molar-refractivity contribution in [1.82, 2.24) is 15.0 Å². The van der Waals surface area contributed by atoms with Crippen LogP contribution in [0.4, 0.5) is 5.95 Å². The molecule has 84 valence electrons. The molecule has 5 nitrogen and oxygen atoms in total. The lowest BCUT2D eigenvalue weighted by Crippen LogP contribution is -2.13. The summed E-state index contributed by atoms with van der Waals surface area (Å²) in [6.07, 6.45) is 3.24. The fourth-order valence-corrected chi connectivity index (χ4v) is 1.70. The van der Waals surface area contributed by atoms with E-state index in [1.807, 2.05) is 30.3 Å².